The molecule has 0 aliphatic heterocycles. The van der Waals surface area contributed by atoms with E-state index in [1.807, 2.05) is 5.32 Å². The van der Waals surface area contributed by atoms with Crippen LogP contribution in [0.4, 0.5) is 4.79 Å². The summed E-state index contributed by atoms with van der Waals surface area (Å²) < 4.78 is 4.86. The van der Waals surface area contributed by atoms with Crippen molar-refractivity contribution in [2.75, 3.05) is 7.05 Å². The first kappa shape index (κ1) is 16.7. The van der Waals surface area contributed by atoms with Gasteiger partial charge in [-0.05, 0) is 30.7 Å². The summed E-state index contributed by atoms with van der Waals surface area (Å²) in [6.45, 7) is 1.36. The van der Waals surface area contributed by atoms with E-state index in [4.69, 9.17) is 16.3 Å². The molecule has 1 aromatic carbocycles. The van der Waals surface area contributed by atoms with Crippen molar-refractivity contribution in [3.63, 3.8) is 0 Å². The molecule has 21 heavy (non-hydrogen) atoms. The number of hydrogen-bond donors (Lipinski definition) is 2. The van der Waals surface area contributed by atoms with Gasteiger partial charge in [-0.1, -0.05) is 23.7 Å². The fraction of sp³-hybridized carbons (Fsp3) is 0.214. The molecule has 6 nitrogen and oxygen atoms in total. The van der Waals surface area contributed by atoms with Crippen molar-refractivity contribution in [2.24, 2.45) is 0 Å². The third-order valence-corrected chi connectivity index (χ3v) is 2.62. The average Bonchev–Trinajstić information content (AvgIpc) is 2.45. The van der Waals surface area contributed by atoms with E-state index in [-0.39, 0.29) is 0 Å². The van der Waals surface area contributed by atoms with Gasteiger partial charge in [0.25, 0.3) is 5.91 Å². The molecule has 0 heterocycles. The van der Waals surface area contributed by atoms with E-state index in [1.54, 1.807) is 24.3 Å². The Hall–Kier alpha value is -2.34. The van der Waals surface area contributed by atoms with Crippen molar-refractivity contribution in [1.29, 1.82) is 0 Å². The second kappa shape index (κ2) is 8.06. The van der Waals surface area contributed by atoms with E-state index in [0.29, 0.717) is 5.02 Å². The van der Waals surface area contributed by atoms with Crippen LogP contribution < -0.4 is 10.6 Å². The van der Waals surface area contributed by atoms with Gasteiger partial charge in [-0.2, -0.15) is 0 Å². The van der Waals surface area contributed by atoms with E-state index < -0.39 is 24.0 Å². The fourth-order valence-corrected chi connectivity index (χ4v) is 1.52. The zero-order chi connectivity index (χ0) is 15.8. The summed E-state index contributed by atoms with van der Waals surface area (Å²) in [6.07, 6.45) is 1.60. The standard InChI is InChI=1S/C14H15ClN2O4/c1-9(13(19)17-14(20)16-2)21-12(18)7-6-10-4-3-5-11(15)8-10/h3-9H,1-2H3,(H2,16,17,19,20)/b7-6+/t9-/m0/s1. The van der Waals surface area contributed by atoms with Crippen molar-refractivity contribution in [3.8, 4) is 0 Å². The van der Waals surface area contributed by atoms with Gasteiger partial charge in [0.2, 0.25) is 0 Å². The highest BCUT2D eigenvalue weighted by Gasteiger charge is 2.18. The third kappa shape index (κ3) is 6.09. The van der Waals surface area contributed by atoms with Gasteiger partial charge < -0.3 is 10.1 Å². The molecule has 1 atom stereocenters. The largest absolute Gasteiger partial charge is 0.449 e. The normalized spacial score (nSPS) is 11.8. The molecule has 0 radical (unpaired) electrons. The summed E-state index contributed by atoms with van der Waals surface area (Å²) in [5.41, 5.74) is 0.724. The Labute approximate surface area is 127 Å². The van der Waals surface area contributed by atoms with E-state index in [9.17, 15) is 14.4 Å². The van der Waals surface area contributed by atoms with E-state index in [2.05, 4.69) is 5.32 Å². The first-order valence-electron chi connectivity index (χ1n) is 6.09. The van der Waals surface area contributed by atoms with Crippen LogP contribution in [0.3, 0.4) is 0 Å². The number of carbonyl (C=O) groups excluding carboxylic acids is 3. The lowest BCUT2D eigenvalue weighted by molar-refractivity contribution is -0.149. The van der Waals surface area contributed by atoms with Crippen LogP contribution in [-0.2, 0) is 14.3 Å². The summed E-state index contributed by atoms with van der Waals surface area (Å²) in [7, 11) is 1.37. The first-order chi connectivity index (χ1) is 9.92. The van der Waals surface area contributed by atoms with Crippen LogP contribution in [0, 0.1) is 0 Å². The molecule has 0 unspecified atom stereocenters. The number of benzene rings is 1. The Morgan fingerprint density at radius 1 is 1.33 bits per heavy atom. The molecule has 1 aromatic rings. The molecular weight excluding hydrogens is 296 g/mol. The topological polar surface area (TPSA) is 84.5 Å². The van der Waals surface area contributed by atoms with Crippen molar-refractivity contribution in [2.45, 2.75) is 13.0 Å². The van der Waals surface area contributed by atoms with Gasteiger partial charge in [0.05, 0.1) is 0 Å². The van der Waals surface area contributed by atoms with Crippen molar-refractivity contribution < 1.29 is 19.1 Å². The van der Waals surface area contributed by atoms with Crippen LogP contribution in [0.2, 0.25) is 5.02 Å². The second-order valence-electron chi connectivity index (χ2n) is 4.04. The number of esters is 1. The zero-order valence-electron chi connectivity index (χ0n) is 11.6. The number of imide groups is 1. The van der Waals surface area contributed by atoms with Gasteiger partial charge in [0, 0.05) is 18.1 Å². The quantitative estimate of drug-likeness (QED) is 0.655. The molecule has 1 rings (SSSR count). The lowest BCUT2D eigenvalue weighted by atomic mass is 10.2. The van der Waals surface area contributed by atoms with Crippen molar-refractivity contribution in [1.82, 2.24) is 10.6 Å². The number of ether oxygens (including phenoxy) is 1. The zero-order valence-corrected chi connectivity index (χ0v) is 12.3. The maximum Gasteiger partial charge on any atom is 0.331 e. The minimum absolute atomic E-state index is 0.545. The van der Waals surface area contributed by atoms with Crippen LogP contribution in [0.1, 0.15) is 12.5 Å². The fourth-order valence-electron chi connectivity index (χ4n) is 1.32. The Bertz CT molecular complexity index is 572. The second-order valence-corrected chi connectivity index (χ2v) is 4.47. The van der Waals surface area contributed by atoms with Crippen LogP contribution >= 0.6 is 11.6 Å². The van der Waals surface area contributed by atoms with Gasteiger partial charge in [-0.3, -0.25) is 10.1 Å². The molecule has 0 saturated carbocycles. The Kier molecular flexibility index (Phi) is 6.42. The Balaban J connectivity index is 2.53. The van der Waals surface area contributed by atoms with Gasteiger partial charge in [0.15, 0.2) is 6.10 Å². The first-order valence-corrected chi connectivity index (χ1v) is 6.47. The van der Waals surface area contributed by atoms with Crippen molar-refractivity contribution >= 4 is 35.6 Å². The summed E-state index contributed by atoms with van der Waals surface area (Å²) in [5.74, 6) is -1.41. The number of rotatable bonds is 4. The number of urea groups is 1. The third-order valence-electron chi connectivity index (χ3n) is 2.39. The highest BCUT2D eigenvalue weighted by atomic mass is 35.5. The minimum atomic E-state index is -1.08. The summed E-state index contributed by atoms with van der Waals surface area (Å²) in [6, 6.07) is 6.22. The molecule has 0 spiro atoms. The van der Waals surface area contributed by atoms with Gasteiger partial charge in [0.1, 0.15) is 0 Å². The smallest absolute Gasteiger partial charge is 0.331 e. The number of nitrogens with one attached hydrogen (secondary N) is 2. The predicted octanol–water partition coefficient (Wildman–Crippen LogP) is 1.74. The summed E-state index contributed by atoms with van der Waals surface area (Å²) in [5, 5.41) is 4.77. The van der Waals surface area contributed by atoms with E-state index >= 15 is 0 Å². The highest BCUT2D eigenvalue weighted by molar-refractivity contribution is 6.30. The van der Waals surface area contributed by atoms with Crippen LogP contribution in [0.15, 0.2) is 30.3 Å². The molecule has 0 bridgehead atoms. The minimum Gasteiger partial charge on any atom is -0.449 e. The number of halogens is 1. The molecule has 2 N–H and O–H groups in total. The maximum atomic E-state index is 11.5. The van der Waals surface area contributed by atoms with Gasteiger partial charge in [-0.15, -0.1) is 0 Å². The van der Waals surface area contributed by atoms with Crippen molar-refractivity contribution in [3.05, 3.63) is 40.9 Å². The molecule has 0 fully saturated rings. The van der Waals surface area contributed by atoms with Crippen LogP contribution in [0.25, 0.3) is 6.08 Å². The molecule has 0 aromatic heterocycles. The molecule has 0 aliphatic carbocycles. The highest BCUT2D eigenvalue weighted by Crippen LogP contribution is 2.11. The molecule has 112 valence electrons. The van der Waals surface area contributed by atoms with E-state index in [1.165, 1.54) is 26.1 Å². The molecule has 0 aliphatic rings. The SMILES string of the molecule is CNC(=O)NC(=O)[C@H](C)OC(=O)/C=C/c1cccc(Cl)c1. The lowest BCUT2D eigenvalue weighted by Crippen LogP contribution is -2.43. The monoisotopic (exact) mass is 310 g/mol. The van der Waals surface area contributed by atoms with E-state index in [0.717, 1.165) is 5.56 Å². The Morgan fingerprint density at radius 2 is 2.05 bits per heavy atom. The van der Waals surface area contributed by atoms with Gasteiger partial charge in [-0.25, -0.2) is 9.59 Å². The Morgan fingerprint density at radius 3 is 2.67 bits per heavy atom. The summed E-state index contributed by atoms with van der Waals surface area (Å²) >= 11 is 5.81. The van der Waals surface area contributed by atoms with Crippen LogP contribution in [-0.4, -0.2) is 31.1 Å². The van der Waals surface area contributed by atoms with Gasteiger partial charge >= 0.3 is 12.0 Å². The molecule has 7 heteroatoms. The molecule has 3 amide bonds. The van der Waals surface area contributed by atoms with Crippen LogP contribution in [0.5, 0.6) is 0 Å². The predicted molar refractivity (Wildman–Crippen MR) is 78.6 cm³/mol. The molecule has 0 saturated heterocycles. The average molecular weight is 311 g/mol. The number of carbonyl (C=O) groups is 3. The number of amides is 3. The lowest BCUT2D eigenvalue weighted by Gasteiger charge is -2.11. The maximum absolute atomic E-state index is 11.5. The molecular formula is C14H15ClN2O4. The number of hydrogen-bond acceptors (Lipinski definition) is 4. The summed E-state index contributed by atoms with van der Waals surface area (Å²) in [4.78, 5) is 34.0.